The molecule has 1 nitrogen and oxygen atoms in total. The molecule has 0 aliphatic heterocycles. The summed E-state index contributed by atoms with van der Waals surface area (Å²) in [6, 6.07) is -0.129. The lowest BCUT2D eigenvalue weighted by atomic mass is 10.1. The van der Waals surface area contributed by atoms with Gasteiger partial charge in [-0.1, -0.05) is 19.2 Å². The first-order valence-electron chi connectivity index (χ1n) is 3.01. The van der Waals surface area contributed by atoms with Crippen LogP contribution in [-0.4, -0.2) is 6.04 Å². The zero-order chi connectivity index (χ0) is 8.15. The van der Waals surface area contributed by atoms with Crippen LogP contribution in [0.4, 0.5) is 4.39 Å². The fraction of sp³-hybridized carbons (Fsp3) is 0.250. The van der Waals surface area contributed by atoms with E-state index in [4.69, 9.17) is 5.73 Å². The second-order valence-electron chi connectivity index (χ2n) is 2.14. The first-order chi connectivity index (χ1) is 4.54. The van der Waals surface area contributed by atoms with E-state index in [9.17, 15) is 4.39 Å². The summed E-state index contributed by atoms with van der Waals surface area (Å²) in [5, 5.41) is 0. The van der Waals surface area contributed by atoms with Crippen molar-refractivity contribution in [3.05, 3.63) is 36.7 Å². The van der Waals surface area contributed by atoms with Gasteiger partial charge in [0.05, 0.1) is 0 Å². The molecule has 1 atom stereocenters. The number of halogens is 1. The van der Waals surface area contributed by atoms with E-state index in [2.05, 4.69) is 13.2 Å². The van der Waals surface area contributed by atoms with Gasteiger partial charge in [0, 0.05) is 6.04 Å². The van der Waals surface area contributed by atoms with Gasteiger partial charge in [0.1, 0.15) is 5.83 Å². The molecular weight excluding hydrogens is 129 g/mol. The Bertz CT molecular complexity index is 168. The number of rotatable bonds is 3. The molecule has 0 aromatic rings. The van der Waals surface area contributed by atoms with Gasteiger partial charge in [-0.25, -0.2) is 4.39 Å². The minimum Gasteiger partial charge on any atom is -0.324 e. The van der Waals surface area contributed by atoms with Gasteiger partial charge in [-0.05, 0) is 18.6 Å². The van der Waals surface area contributed by atoms with Crippen molar-refractivity contribution >= 4 is 0 Å². The lowest BCUT2D eigenvalue weighted by molar-refractivity contribution is 0.671. The van der Waals surface area contributed by atoms with Gasteiger partial charge in [0.25, 0.3) is 0 Å². The molecule has 0 rings (SSSR count). The van der Waals surface area contributed by atoms with Gasteiger partial charge in [-0.15, -0.1) is 0 Å². The summed E-state index contributed by atoms with van der Waals surface area (Å²) in [4.78, 5) is 0. The summed E-state index contributed by atoms with van der Waals surface area (Å²) >= 11 is 0. The van der Waals surface area contributed by atoms with E-state index < -0.39 is 5.83 Å². The van der Waals surface area contributed by atoms with Crippen molar-refractivity contribution < 1.29 is 4.39 Å². The van der Waals surface area contributed by atoms with Crippen LogP contribution in [0.3, 0.4) is 0 Å². The molecule has 0 aliphatic rings. The molecule has 0 bridgehead atoms. The highest BCUT2D eigenvalue weighted by atomic mass is 19.1. The van der Waals surface area contributed by atoms with Crippen LogP contribution in [0.15, 0.2) is 36.7 Å². The maximum atomic E-state index is 12.0. The number of hydrogen-bond donors (Lipinski definition) is 1. The van der Waals surface area contributed by atoms with Crippen molar-refractivity contribution in [3.63, 3.8) is 0 Å². The van der Waals surface area contributed by atoms with E-state index in [1.54, 1.807) is 6.92 Å². The standard InChI is InChI=1S/C8H12FN/c1-6(8(3)10)4-5-7(2)9/h4-5,8H,1-2,10H2,3H3/b5-4-. The Morgan fingerprint density at radius 1 is 1.50 bits per heavy atom. The molecule has 0 heterocycles. The maximum Gasteiger partial charge on any atom is 0.116 e. The molecule has 10 heavy (non-hydrogen) atoms. The Hall–Kier alpha value is -0.890. The predicted molar refractivity (Wildman–Crippen MR) is 42.2 cm³/mol. The van der Waals surface area contributed by atoms with E-state index in [0.717, 1.165) is 0 Å². The Kier molecular flexibility index (Phi) is 3.65. The summed E-state index contributed by atoms with van der Waals surface area (Å²) in [5.74, 6) is -0.484. The van der Waals surface area contributed by atoms with Crippen LogP contribution in [0, 0.1) is 0 Å². The Morgan fingerprint density at radius 2 is 2.00 bits per heavy atom. The van der Waals surface area contributed by atoms with Crippen LogP contribution in [0.1, 0.15) is 6.92 Å². The van der Waals surface area contributed by atoms with Crippen molar-refractivity contribution in [1.29, 1.82) is 0 Å². The van der Waals surface area contributed by atoms with Crippen molar-refractivity contribution in [2.75, 3.05) is 0 Å². The molecule has 0 spiro atoms. The van der Waals surface area contributed by atoms with Gasteiger partial charge in [0.15, 0.2) is 0 Å². The minimum absolute atomic E-state index is 0.129. The predicted octanol–water partition coefficient (Wildman–Crippen LogP) is 1.93. The van der Waals surface area contributed by atoms with Crippen molar-refractivity contribution in [2.24, 2.45) is 5.73 Å². The van der Waals surface area contributed by atoms with Crippen molar-refractivity contribution in [2.45, 2.75) is 13.0 Å². The number of nitrogens with two attached hydrogens (primary N) is 1. The third-order valence-corrected chi connectivity index (χ3v) is 1.06. The highest BCUT2D eigenvalue weighted by Crippen LogP contribution is 2.01. The van der Waals surface area contributed by atoms with E-state index in [-0.39, 0.29) is 6.04 Å². The summed E-state index contributed by atoms with van der Waals surface area (Å²) in [6.45, 7) is 8.44. The lowest BCUT2D eigenvalue weighted by Crippen LogP contribution is -2.15. The average molecular weight is 141 g/mol. The Labute approximate surface area is 60.7 Å². The topological polar surface area (TPSA) is 26.0 Å². The minimum atomic E-state index is -0.484. The van der Waals surface area contributed by atoms with Gasteiger partial charge in [-0.3, -0.25) is 0 Å². The average Bonchev–Trinajstić information content (AvgIpc) is 1.82. The highest BCUT2D eigenvalue weighted by Gasteiger charge is 1.93. The van der Waals surface area contributed by atoms with Gasteiger partial charge >= 0.3 is 0 Å². The van der Waals surface area contributed by atoms with Gasteiger partial charge in [-0.2, -0.15) is 0 Å². The maximum absolute atomic E-state index is 12.0. The summed E-state index contributed by atoms with van der Waals surface area (Å²) in [7, 11) is 0. The van der Waals surface area contributed by atoms with E-state index in [1.807, 2.05) is 0 Å². The summed E-state index contributed by atoms with van der Waals surface area (Å²) in [5.41, 5.74) is 6.11. The van der Waals surface area contributed by atoms with Crippen LogP contribution in [0.25, 0.3) is 0 Å². The Morgan fingerprint density at radius 3 is 2.30 bits per heavy atom. The monoisotopic (exact) mass is 141 g/mol. The second kappa shape index (κ2) is 4.01. The smallest absolute Gasteiger partial charge is 0.116 e. The fourth-order valence-electron chi connectivity index (χ4n) is 0.349. The quantitative estimate of drug-likeness (QED) is 0.597. The zero-order valence-corrected chi connectivity index (χ0v) is 6.10. The molecule has 0 radical (unpaired) electrons. The molecule has 0 aliphatic carbocycles. The van der Waals surface area contributed by atoms with Gasteiger partial charge < -0.3 is 5.73 Å². The highest BCUT2D eigenvalue weighted by molar-refractivity contribution is 5.24. The first-order valence-corrected chi connectivity index (χ1v) is 3.01. The molecular formula is C8H12FN. The van der Waals surface area contributed by atoms with Crippen LogP contribution in [-0.2, 0) is 0 Å². The first kappa shape index (κ1) is 9.11. The van der Waals surface area contributed by atoms with Crippen LogP contribution in [0.5, 0.6) is 0 Å². The molecule has 0 amide bonds. The molecule has 2 heteroatoms. The second-order valence-corrected chi connectivity index (χ2v) is 2.14. The SMILES string of the molecule is C=C(F)/C=C\C(=C)C(C)N. The summed E-state index contributed by atoms with van der Waals surface area (Å²) < 4.78 is 12.0. The molecule has 0 saturated carbocycles. The van der Waals surface area contributed by atoms with Gasteiger partial charge in [0.2, 0.25) is 0 Å². The molecule has 0 saturated heterocycles. The molecule has 1 unspecified atom stereocenters. The largest absolute Gasteiger partial charge is 0.324 e. The molecule has 0 fully saturated rings. The van der Waals surface area contributed by atoms with E-state index in [0.29, 0.717) is 5.57 Å². The third-order valence-electron chi connectivity index (χ3n) is 1.06. The molecule has 0 aromatic heterocycles. The number of hydrogen-bond acceptors (Lipinski definition) is 1. The lowest BCUT2D eigenvalue weighted by Gasteiger charge is -2.01. The fourth-order valence-corrected chi connectivity index (χ4v) is 0.349. The van der Waals surface area contributed by atoms with Crippen molar-refractivity contribution in [3.8, 4) is 0 Å². The summed E-state index contributed by atoms with van der Waals surface area (Å²) in [6.07, 6.45) is 2.76. The third kappa shape index (κ3) is 4.04. The van der Waals surface area contributed by atoms with E-state index >= 15 is 0 Å². The molecule has 56 valence electrons. The van der Waals surface area contributed by atoms with E-state index in [1.165, 1.54) is 12.2 Å². The van der Waals surface area contributed by atoms with Crippen LogP contribution in [0.2, 0.25) is 0 Å². The normalized spacial score (nSPS) is 13.5. The van der Waals surface area contributed by atoms with Crippen LogP contribution < -0.4 is 5.73 Å². The van der Waals surface area contributed by atoms with Crippen molar-refractivity contribution in [1.82, 2.24) is 0 Å². The molecule has 2 N–H and O–H groups in total. The number of allylic oxidation sites excluding steroid dienone is 2. The van der Waals surface area contributed by atoms with Crippen LogP contribution >= 0.6 is 0 Å². The molecule has 0 aromatic carbocycles. The zero-order valence-electron chi connectivity index (χ0n) is 6.10. The Balaban J connectivity index is 3.90.